The van der Waals surface area contributed by atoms with Gasteiger partial charge in [0.25, 0.3) is 5.91 Å². The summed E-state index contributed by atoms with van der Waals surface area (Å²) in [7, 11) is 0. The second-order valence-electron chi connectivity index (χ2n) is 2.57. The summed E-state index contributed by atoms with van der Waals surface area (Å²) in [5.41, 5.74) is 15.1. The van der Waals surface area contributed by atoms with Crippen molar-refractivity contribution in [2.45, 2.75) is 0 Å². The fourth-order valence-corrected chi connectivity index (χ4v) is 0.870. The highest BCUT2D eigenvalue weighted by Gasteiger charge is 2.04. The van der Waals surface area contributed by atoms with Crippen LogP contribution >= 0.6 is 0 Å². The van der Waals surface area contributed by atoms with Crippen molar-refractivity contribution in [1.82, 2.24) is 10.9 Å². The molecule has 0 aromatic heterocycles. The molecule has 1 aromatic carbocycles. The van der Waals surface area contributed by atoms with Crippen LogP contribution in [0.25, 0.3) is 0 Å². The zero-order valence-corrected chi connectivity index (χ0v) is 7.28. The molecule has 0 aliphatic rings. The van der Waals surface area contributed by atoms with Gasteiger partial charge in [-0.05, 0) is 18.2 Å². The maximum atomic E-state index is 11.3. The lowest BCUT2D eigenvalue weighted by molar-refractivity contribution is 0.0937. The van der Waals surface area contributed by atoms with Gasteiger partial charge in [-0.15, -0.1) is 0 Å². The fraction of sp³-hybridized carbons (Fsp3) is 0. The van der Waals surface area contributed by atoms with Gasteiger partial charge in [-0.2, -0.15) is 0 Å². The van der Waals surface area contributed by atoms with E-state index in [1.807, 2.05) is 5.43 Å². The van der Waals surface area contributed by atoms with Crippen molar-refractivity contribution >= 4 is 17.6 Å². The Morgan fingerprint density at radius 1 is 1.21 bits per heavy atom. The van der Waals surface area contributed by atoms with E-state index in [1.165, 1.54) is 6.07 Å². The van der Waals surface area contributed by atoms with Gasteiger partial charge in [0.15, 0.2) is 0 Å². The number of urea groups is 1. The largest absolute Gasteiger partial charge is 0.399 e. The number of carbonyl (C=O) groups is 2. The Balaban J connectivity index is 2.65. The summed E-state index contributed by atoms with van der Waals surface area (Å²) in [6.07, 6.45) is 0. The highest BCUT2D eigenvalue weighted by Crippen LogP contribution is 2.05. The minimum Gasteiger partial charge on any atom is -0.399 e. The summed E-state index contributed by atoms with van der Waals surface area (Å²) < 4.78 is 0. The smallest absolute Gasteiger partial charge is 0.330 e. The molecule has 6 heteroatoms. The van der Waals surface area contributed by atoms with Crippen LogP contribution in [0.2, 0.25) is 0 Å². The molecule has 6 N–H and O–H groups in total. The molecule has 0 aliphatic heterocycles. The lowest BCUT2D eigenvalue weighted by atomic mass is 10.2. The molecule has 1 rings (SSSR count). The maximum Gasteiger partial charge on any atom is 0.330 e. The topological polar surface area (TPSA) is 110 Å². The normalized spacial score (nSPS) is 9.14. The van der Waals surface area contributed by atoms with E-state index < -0.39 is 11.9 Å². The van der Waals surface area contributed by atoms with Crippen LogP contribution in [0.15, 0.2) is 24.3 Å². The van der Waals surface area contributed by atoms with Crippen LogP contribution in [0.5, 0.6) is 0 Å². The first-order chi connectivity index (χ1) is 6.59. The van der Waals surface area contributed by atoms with Crippen LogP contribution < -0.4 is 22.3 Å². The Labute approximate surface area is 80.2 Å². The van der Waals surface area contributed by atoms with Crippen molar-refractivity contribution in [3.05, 3.63) is 29.8 Å². The molecule has 14 heavy (non-hydrogen) atoms. The molecule has 0 fully saturated rings. The van der Waals surface area contributed by atoms with Crippen LogP contribution in [-0.4, -0.2) is 11.9 Å². The Bertz CT molecular complexity index is 364. The number of nitrogens with two attached hydrogens (primary N) is 2. The lowest BCUT2D eigenvalue weighted by Gasteiger charge is -2.04. The molecule has 0 aliphatic carbocycles. The first-order valence-electron chi connectivity index (χ1n) is 3.81. The van der Waals surface area contributed by atoms with Crippen LogP contribution in [-0.2, 0) is 0 Å². The quantitative estimate of drug-likeness (QED) is 0.360. The average molecular weight is 194 g/mol. The Kier molecular flexibility index (Phi) is 2.90. The Morgan fingerprint density at radius 3 is 2.50 bits per heavy atom. The molecule has 6 nitrogen and oxygen atoms in total. The first kappa shape index (κ1) is 9.85. The van der Waals surface area contributed by atoms with Gasteiger partial charge >= 0.3 is 6.03 Å². The van der Waals surface area contributed by atoms with Crippen molar-refractivity contribution < 1.29 is 9.59 Å². The number of hydrazine groups is 1. The van der Waals surface area contributed by atoms with Gasteiger partial charge in [0.2, 0.25) is 0 Å². The number of nitrogens with one attached hydrogen (secondary N) is 2. The number of anilines is 1. The Hall–Kier alpha value is -2.24. The second-order valence-corrected chi connectivity index (χ2v) is 2.57. The third-order valence-corrected chi connectivity index (χ3v) is 1.45. The number of amides is 3. The molecule has 0 bridgehead atoms. The number of carbonyl (C=O) groups excluding carboxylic acids is 2. The molecule has 0 unspecified atom stereocenters. The second kappa shape index (κ2) is 4.13. The van der Waals surface area contributed by atoms with Crippen molar-refractivity contribution in [2.75, 3.05) is 5.73 Å². The zero-order valence-electron chi connectivity index (χ0n) is 7.28. The van der Waals surface area contributed by atoms with Crippen LogP contribution in [0.1, 0.15) is 10.4 Å². The molecule has 0 saturated carbocycles. The SMILES string of the molecule is NC(=O)NNC(=O)c1cccc(N)c1. The molecule has 3 amide bonds. The third-order valence-electron chi connectivity index (χ3n) is 1.45. The van der Waals surface area contributed by atoms with Crippen LogP contribution in [0, 0.1) is 0 Å². The van der Waals surface area contributed by atoms with Crippen LogP contribution in [0.4, 0.5) is 10.5 Å². The summed E-state index contributed by atoms with van der Waals surface area (Å²) in [6, 6.07) is 5.50. The summed E-state index contributed by atoms with van der Waals surface area (Å²) >= 11 is 0. The van der Waals surface area contributed by atoms with E-state index in [-0.39, 0.29) is 0 Å². The van der Waals surface area contributed by atoms with Gasteiger partial charge in [-0.25, -0.2) is 10.2 Å². The average Bonchev–Trinajstić information content (AvgIpc) is 2.14. The molecule has 0 saturated heterocycles. The van der Waals surface area contributed by atoms with Gasteiger partial charge < -0.3 is 11.5 Å². The highest BCUT2D eigenvalue weighted by molar-refractivity contribution is 5.95. The van der Waals surface area contributed by atoms with Crippen molar-refractivity contribution in [3.8, 4) is 0 Å². The first-order valence-corrected chi connectivity index (χ1v) is 3.81. The fourth-order valence-electron chi connectivity index (χ4n) is 0.870. The maximum absolute atomic E-state index is 11.3. The van der Waals surface area contributed by atoms with E-state index in [0.29, 0.717) is 11.3 Å². The van der Waals surface area contributed by atoms with E-state index in [2.05, 4.69) is 5.43 Å². The van der Waals surface area contributed by atoms with E-state index in [9.17, 15) is 9.59 Å². The van der Waals surface area contributed by atoms with Gasteiger partial charge in [0.05, 0.1) is 0 Å². The van der Waals surface area contributed by atoms with Crippen LogP contribution in [0.3, 0.4) is 0 Å². The van der Waals surface area contributed by atoms with Gasteiger partial charge in [-0.1, -0.05) is 6.07 Å². The monoisotopic (exact) mass is 194 g/mol. The minimum atomic E-state index is -0.831. The van der Waals surface area contributed by atoms with E-state index in [1.54, 1.807) is 18.2 Å². The predicted molar refractivity (Wildman–Crippen MR) is 51.0 cm³/mol. The number of nitrogen functional groups attached to an aromatic ring is 1. The van der Waals surface area contributed by atoms with Crippen molar-refractivity contribution in [1.29, 1.82) is 0 Å². The molecule has 0 radical (unpaired) electrons. The van der Waals surface area contributed by atoms with E-state index in [4.69, 9.17) is 11.5 Å². The molecular weight excluding hydrogens is 184 g/mol. The van der Waals surface area contributed by atoms with Gasteiger partial charge in [0, 0.05) is 11.3 Å². The molecular formula is C8H10N4O2. The number of hydrogen-bond acceptors (Lipinski definition) is 3. The third kappa shape index (κ3) is 2.67. The molecule has 0 heterocycles. The summed E-state index contributed by atoms with van der Waals surface area (Å²) in [5.74, 6) is -0.476. The molecule has 0 spiro atoms. The van der Waals surface area contributed by atoms with E-state index in [0.717, 1.165) is 0 Å². The standard InChI is InChI=1S/C8H10N4O2/c9-6-3-1-2-5(4-6)7(13)11-12-8(10)14/h1-4H,9H2,(H,11,13)(H3,10,12,14). The minimum absolute atomic E-state index is 0.346. The molecule has 0 atom stereocenters. The number of hydrogen-bond donors (Lipinski definition) is 4. The number of benzene rings is 1. The summed E-state index contributed by atoms with van der Waals surface area (Å²) in [4.78, 5) is 21.5. The van der Waals surface area contributed by atoms with Crippen molar-refractivity contribution in [2.24, 2.45) is 5.73 Å². The zero-order chi connectivity index (χ0) is 10.6. The van der Waals surface area contributed by atoms with E-state index >= 15 is 0 Å². The lowest BCUT2D eigenvalue weighted by Crippen LogP contribution is -2.44. The van der Waals surface area contributed by atoms with Gasteiger partial charge in [-0.3, -0.25) is 10.2 Å². The highest BCUT2D eigenvalue weighted by atomic mass is 16.2. The van der Waals surface area contributed by atoms with Crippen molar-refractivity contribution in [3.63, 3.8) is 0 Å². The Morgan fingerprint density at radius 2 is 1.93 bits per heavy atom. The number of rotatable bonds is 1. The summed E-state index contributed by atoms with van der Waals surface area (Å²) in [6.45, 7) is 0. The summed E-state index contributed by atoms with van der Waals surface area (Å²) in [5, 5.41) is 0. The molecule has 74 valence electrons. The predicted octanol–water partition coefficient (Wildman–Crippen LogP) is -0.418. The molecule has 1 aromatic rings. The number of primary amides is 1. The van der Waals surface area contributed by atoms with Gasteiger partial charge in [0.1, 0.15) is 0 Å².